The van der Waals surface area contributed by atoms with Gasteiger partial charge in [-0.15, -0.1) is 0 Å². The summed E-state index contributed by atoms with van der Waals surface area (Å²) in [7, 11) is 0. The average Bonchev–Trinajstić information content (AvgIpc) is 2.08. The molecule has 1 aromatic heterocycles. The zero-order chi connectivity index (χ0) is 10.9. The van der Waals surface area contributed by atoms with Crippen molar-refractivity contribution >= 4 is 16.8 Å². The maximum atomic E-state index is 12.3. The minimum atomic E-state index is -2.74. The first-order chi connectivity index (χ1) is 6.45. The molecule has 0 saturated carbocycles. The lowest BCUT2D eigenvalue weighted by Crippen LogP contribution is -2.00. The van der Waals surface area contributed by atoms with Crippen molar-refractivity contribution in [2.24, 2.45) is 0 Å². The molecule has 6 heteroatoms. The number of hydrogen-bond donors (Lipinski definition) is 1. The van der Waals surface area contributed by atoms with Gasteiger partial charge < -0.3 is 5.11 Å². The van der Waals surface area contributed by atoms with Crippen LogP contribution in [0.4, 0.5) is 8.78 Å². The number of carbonyl (C=O) groups is 1. The van der Waals surface area contributed by atoms with Crippen LogP contribution < -0.4 is 0 Å². The summed E-state index contributed by atoms with van der Waals surface area (Å²) >= 11 is 5.06. The molecule has 0 bridgehead atoms. The molecule has 0 aromatic carbocycles. The monoisotopic (exact) mass is 221 g/mol. The third-order valence-corrected chi connectivity index (χ3v) is 1.95. The lowest BCUT2D eigenvalue weighted by molar-refractivity contribution is 0.107. The van der Waals surface area contributed by atoms with Crippen LogP contribution in [0.25, 0.3) is 0 Å². The third kappa shape index (κ3) is 1.82. The van der Waals surface area contributed by atoms with E-state index in [0.29, 0.717) is 0 Å². The topological polar surface area (TPSA) is 50.2 Å². The van der Waals surface area contributed by atoms with Crippen LogP contribution in [0.2, 0.25) is 0 Å². The Morgan fingerprint density at radius 3 is 2.64 bits per heavy atom. The molecule has 1 rings (SSSR count). The second-order valence-corrected chi connectivity index (χ2v) is 2.95. The summed E-state index contributed by atoms with van der Waals surface area (Å²) in [5.41, 5.74) is -0.906. The summed E-state index contributed by atoms with van der Waals surface area (Å²) in [6.45, 7) is 1.27. The SMILES string of the molecule is Cc1c(C(F)F)cnc(C(=O)Cl)c1O. The Balaban J connectivity index is 3.33. The quantitative estimate of drug-likeness (QED) is 0.781. The van der Waals surface area contributed by atoms with Crippen LogP contribution in [0.1, 0.15) is 28.0 Å². The number of pyridine rings is 1. The number of aromatic hydroxyl groups is 1. The van der Waals surface area contributed by atoms with Crippen molar-refractivity contribution in [3.8, 4) is 5.75 Å². The van der Waals surface area contributed by atoms with Crippen LogP contribution in [-0.4, -0.2) is 15.3 Å². The average molecular weight is 222 g/mol. The van der Waals surface area contributed by atoms with Gasteiger partial charge in [-0.1, -0.05) is 0 Å². The minimum Gasteiger partial charge on any atom is -0.505 e. The van der Waals surface area contributed by atoms with Crippen LogP contribution in [-0.2, 0) is 0 Å². The fraction of sp³-hybridized carbons (Fsp3) is 0.250. The molecular formula is C8H6ClF2NO2. The Hall–Kier alpha value is -1.23. The first-order valence-corrected chi connectivity index (χ1v) is 3.99. The van der Waals surface area contributed by atoms with Gasteiger partial charge in [-0.05, 0) is 18.5 Å². The van der Waals surface area contributed by atoms with Crippen molar-refractivity contribution in [3.63, 3.8) is 0 Å². The normalized spacial score (nSPS) is 10.6. The number of carbonyl (C=O) groups excluding carboxylic acids is 1. The van der Waals surface area contributed by atoms with Gasteiger partial charge in [0.1, 0.15) is 5.75 Å². The number of halogens is 3. The van der Waals surface area contributed by atoms with E-state index in [2.05, 4.69) is 4.98 Å². The predicted molar refractivity (Wildman–Crippen MR) is 45.8 cm³/mol. The van der Waals surface area contributed by atoms with E-state index in [4.69, 9.17) is 11.6 Å². The van der Waals surface area contributed by atoms with Crippen LogP contribution in [0.15, 0.2) is 6.20 Å². The highest BCUT2D eigenvalue weighted by molar-refractivity contribution is 6.67. The summed E-state index contributed by atoms with van der Waals surface area (Å²) < 4.78 is 24.5. The van der Waals surface area contributed by atoms with E-state index in [9.17, 15) is 18.7 Å². The number of hydrogen-bond acceptors (Lipinski definition) is 3. The first kappa shape index (κ1) is 10.8. The molecule has 0 saturated heterocycles. The largest absolute Gasteiger partial charge is 0.505 e. The molecule has 1 heterocycles. The van der Waals surface area contributed by atoms with Gasteiger partial charge in [-0.25, -0.2) is 13.8 Å². The molecule has 0 aliphatic heterocycles. The molecule has 0 unspecified atom stereocenters. The summed E-state index contributed by atoms with van der Waals surface area (Å²) in [5, 5.41) is 8.32. The van der Waals surface area contributed by atoms with Crippen molar-refractivity contribution < 1.29 is 18.7 Å². The Morgan fingerprint density at radius 2 is 2.21 bits per heavy atom. The fourth-order valence-electron chi connectivity index (χ4n) is 0.970. The molecule has 1 aromatic rings. The molecule has 0 radical (unpaired) electrons. The van der Waals surface area contributed by atoms with Gasteiger partial charge in [-0.2, -0.15) is 0 Å². The molecule has 0 atom stereocenters. The number of alkyl halides is 2. The first-order valence-electron chi connectivity index (χ1n) is 3.61. The highest BCUT2D eigenvalue weighted by Gasteiger charge is 2.19. The van der Waals surface area contributed by atoms with E-state index in [0.717, 1.165) is 6.20 Å². The maximum absolute atomic E-state index is 12.3. The molecule has 76 valence electrons. The van der Waals surface area contributed by atoms with Gasteiger partial charge in [-0.3, -0.25) is 4.79 Å². The van der Waals surface area contributed by atoms with Gasteiger partial charge in [0.25, 0.3) is 11.7 Å². The maximum Gasteiger partial charge on any atom is 0.274 e. The number of nitrogens with zero attached hydrogens (tertiary/aromatic N) is 1. The molecule has 1 N–H and O–H groups in total. The molecule has 0 spiro atoms. The van der Waals surface area contributed by atoms with Gasteiger partial charge in [0.15, 0.2) is 5.69 Å². The van der Waals surface area contributed by atoms with Crippen molar-refractivity contribution in [1.82, 2.24) is 4.98 Å². The van der Waals surface area contributed by atoms with Crippen molar-refractivity contribution in [3.05, 3.63) is 23.0 Å². The van der Waals surface area contributed by atoms with E-state index in [1.165, 1.54) is 6.92 Å². The van der Waals surface area contributed by atoms with Crippen LogP contribution in [0.3, 0.4) is 0 Å². The van der Waals surface area contributed by atoms with Crippen LogP contribution in [0, 0.1) is 6.92 Å². The molecule has 0 fully saturated rings. The van der Waals surface area contributed by atoms with Gasteiger partial charge in [0, 0.05) is 17.3 Å². The van der Waals surface area contributed by atoms with E-state index in [1.807, 2.05) is 0 Å². The van der Waals surface area contributed by atoms with Crippen LogP contribution in [0.5, 0.6) is 5.75 Å². The number of aromatic nitrogens is 1. The standard InChI is InChI=1S/C8H6ClF2NO2/c1-3-4(8(10)11)2-12-5(6(3)13)7(9)14/h2,8,13H,1H3. The Kier molecular flexibility index (Phi) is 3.00. The molecule has 14 heavy (non-hydrogen) atoms. The lowest BCUT2D eigenvalue weighted by Gasteiger charge is -2.07. The Morgan fingerprint density at radius 1 is 1.64 bits per heavy atom. The molecule has 0 aliphatic carbocycles. The van der Waals surface area contributed by atoms with E-state index in [1.54, 1.807) is 0 Å². The smallest absolute Gasteiger partial charge is 0.274 e. The highest BCUT2D eigenvalue weighted by atomic mass is 35.5. The predicted octanol–water partition coefficient (Wildman–Crippen LogP) is 2.41. The summed E-state index contributed by atoms with van der Waals surface area (Å²) in [4.78, 5) is 14.0. The fourth-order valence-corrected chi connectivity index (χ4v) is 1.11. The number of rotatable bonds is 2. The van der Waals surface area contributed by atoms with Crippen molar-refractivity contribution in [2.45, 2.75) is 13.3 Å². The Labute approximate surface area is 83.3 Å². The summed E-state index contributed by atoms with van der Waals surface area (Å²) in [6.07, 6.45) is -1.91. The van der Waals surface area contributed by atoms with E-state index >= 15 is 0 Å². The second kappa shape index (κ2) is 3.88. The van der Waals surface area contributed by atoms with Crippen molar-refractivity contribution in [2.75, 3.05) is 0 Å². The molecule has 3 nitrogen and oxygen atoms in total. The summed E-state index contributed by atoms with van der Waals surface area (Å²) in [5.74, 6) is -0.595. The van der Waals surface area contributed by atoms with E-state index < -0.39 is 28.7 Å². The highest BCUT2D eigenvalue weighted by Crippen LogP contribution is 2.30. The summed E-state index contributed by atoms with van der Waals surface area (Å²) in [6, 6.07) is 0. The van der Waals surface area contributed by atoms with Gasteiger partial charge in [0.2, 0.25) is 0 Å². The van der Waals surface area contributed by atoms with Gasteiger partial charge >= 0.3 is 0 Å². The lowest BCUT2D eigenvalue weighted by atomic mass is 10.1. The van der Waals surface area contributed by atoms with Gasteiger partial charge in [0.05, 0.1) is 0 Å². The zero-order valence-electron chi connectivity index (χ0n) is 7.09. The minimum absolute atomic E-state index is 0.0843. The zero-order valence-corrected chi connectivity index (χ0v) is 7.85. The third-order valence-electron chi connectivity index (χ3n) is 1.77. The molecule has 0 aliphatic rings. The van der Waals surface area contributed by atoms with Crippen molar-refractivity contribution in [1.29, 1.82) is 0 Å². The molecule has 0 amide bonds. The van der Waals surface area contributed by atoms with E-state index in [-0.39, 0.29) is 5.56 Å². The molecular weight excluding hydrogens is 216 g/mol. The van der Waals surface area contributed by atoms with Crippen LogP contribution >= 0.6 is 11.6 Å². The Bertz CT molecular complexity index is 382. The second-order valence-electron chi connectivity index (χ2n) is 2.61.